The molecular formula is C16H15NO2. The average Bonchev–Trinajstić information content (AvgIpc) is 2.82. The number of aromatic nitrogens is 1. The number of hydrogen-bond donors (Lipinski definition) is 0. The third-order valence-electron chi connectivity index (χ3n) is 3.32. The highest BCUT2D eigenvalue weighted by molar-refractivity contribution is 5.78. The van der Waals surface area contributed by atoms with Crippen LogP contribution in [0.15, 0.2) is 40.8 Å². The van der Waals surface area contributed by atoms with Crippen LogP contribution in [-0.4, -0.2) is 12.1 Å². The van der Waals surface area contributed by atoms with Gasteiger partial charge in [0.05, 0.1) is 7.11 Å². The van der Waals surface area contributed by atoms with Crippen molar-refractivity contribution in [2.75, 3.05) is 7.11 Å². The molecule has 1 aromatic heterocycles. The zero-order valence-corrected chi connectivity index (χ0v) is 11.2. The molecular weight excluding hydrogens is 238 g/mol. The number of rotatable bonds is 2. The normalized spacial score (nSPS) is 10.9. The largest absolute Gasteiger partial charge is 0.497 e. The Morgan fingerprint density at radius 2 is 1.84 bits per heavy atom. The van der Waals surface area contributed by atoms with E-state index in [1.54, 1.807) is 7.11 Å². The highest BCUT2D eigenvalue weighted by atomic mass is 16.5. The molecule has 0 aliphatic rings. The topological polar surface area (TPSA) is 35.3 Å². The van der Waals surface area contributed by atoms with Crippen molar-refractivity contribution in [1.29, 1.82) is 0 Å². The summed E-state index contributed by atoms with van der Waals surface area (Å²) in [5.74, 6) is 1.42. The summed E-state index contributed by atoms with van der Waals surface area (Å²) in [5, 5.41) is 0. The van der Waals surface area contributed by atoms with Gasteiger partial charge >= 0.3 is 0 Å². The minimum atomic E-state index is 0.624. The van der Waals surface area contributed by atoms with Crippen LogP contribution >= 0.6 is 0 Å². The molecule has 3 rings (SSSR count). The Kier molecular flexibility index (Phi) is 2.75. The van der Waals surface area contributed by atoms with E-state index in [4.69, 9.17) is 9.15 Å². The predicted octanol–water partition coefficient (Wildman–Crippen LogP) is 4.12. The Morgan fingerprint density at radius 1 is 1.05 bits per heavy atom. The van der Waals surface area contributed by atoms with E-state index >= 15 is 0 Å². The van der Waals surface area contributed by atoms with Gasteiger partial charge in [0.1, 0.15) is 11.3 Å². The van der Waals surface area contributed by atoms with Crippen molar-refractivity contribution in [3.63, 3.8) is 0 Å². The van der Waals surface area contributed by atoms with Gasteiger partial charge in [-0.1, -0.05) is 6.07 Å². The molecule has 3 aromatic rings. The minimum absolute atomic E-state index is 0.624. The predicted molar refractivity (Wildman–Crippen MR) is 75.5 cm³/mol. The van der Waals surface area contributed by atoms with Crippen LogP contribution in [0.1, 0.15) is 11.1 Å². The molecule has 2 aromatic carbocycles. The van der Waals surface area contributed by atoms with Gasteiger partial charge in [-0.2, -0.15) is 0 Å². The Labute approximate surface area is 111 Å². The van der Waals surface area contributed by atoms with Gasteiger partial charge in [-0.15, -0.1) is 0 Å². The van der Waals surface area contributed by atoms with E-state index in [2.05, 4.69) is 24.9 Å². The van der Waals surface area contributed by atoms with Crippen LogP contribution in [0.4, 0.5) is 0 Å². The van der Waals surface area contributed by atoms with Crippen LogP contribution in [0.3, 0.4) is 0 Å². The van der Waals surface area contributed by atoms with Gasteiger partial charge in [-0.3, -0.25) is 0 Å². The third-order valence-corrected chi connectivity index (χ3v) is 3.32. The SMILES string of the molecule is COc1cccc(-c2nc3cc(C)c(C)cc3o2)c1. The quantitative estimate of drug-likeness (QED) is 0.689. The number of nitrogens with zero attached hydrogens (tertiary/aromatic N) is 1. The van der Waals surface area contributed by atoms with E-state index in [0.29, 0.717) is 5.89 Å². The smallest absolute Gasteiger partial charge is 0.227 e. The molecule has 0 unspecified atom stereocenters. The summed E-state index contributed by atoms with van der Waals surface area (Å²) in [5.41, 5.74) is 5.06. The van der Waals surface area contributed by atoms with Gasteiger partial charge in [0.25, 0.3) is 0 Å². The lowest BCUT2D eigenvalue weighted by Crippen LogP contribution is -1.83. The van der Waals surface area contributed by atoms with Crippen LogP contribution in [0.5, 0.6) is 5.75 Å². The van der Waals surface area contributed by atoms with Crippen LogP contribution in [0, 0.1) is 13.8 Å². The summed E-state index contributed by atoms with van der Waals surface area (Å²) >= 11 is 0. The Balaban J connectivity index is 2.14. The second-order valence-electron chi connectivity index (χ2n) is 4.66. The summed E-state index contributed by atoms with van der Waals surface area (Å²) in [4.78, 5) is 4.54. The number of methoxy groups -OCH3 is 1. The first-order chi connectivity index (χ1) is 9.17. The molecule has 0 saturated heterocycles. The Bertz CT molecular complexity index is 705. The summed E-state index contributed by atoms with van der Waals surface area (Å²) in [6.07, 6.45) is 0. The van der Waals surface area contributed by atoms with E-state index in [-0.39, 0.29) is 0 Å². The van der Waals surface area contributed by atoms with Gasteiger partial charge < -0.3 is 9.15 Å². The first-order valence-electron chi connectivity index (χ1n) is 6.19. The maximum absolute atomic E-state index is 5.82. The molecule has 0 aliphatic heterocycles. The number of fused-ring (bicyclic) bond motifs is 1. The van der Waals surface area contributed by atoms with Crippen LogP contribution in [0.2, 0.25) is 0 Å². The maximum Gasteiger partial charge on any atom is 0.227 e. The van der Waals surface area contributed by atoms with Crippen molar-refractivity contribution in [2.45, 2.75) is 13.8 Å². The number of aryl methyl sites for hydroxylation is 2. The molecule has 0 radical (unpaired) electrons. The molecule has 0 atom stereocenters. The number of benzene rings is 2. The van der Waals surface area contributed by atoms with Crippen molar-refractivity contribution < 1.29 is 9.15 Å². The molecule has 19 heavy (non-hydrogen) atoms. The summed E-state index contributed by atoms with van der Waals surface area (Å²) in [6.45, 7) is 4.15. The molecule has 1 heterocycles. The molecule has 0 saturated carbocycles. The average molecular weight is 253 g/mol. The monoisotopic (exact) mass is 253 g/mol. The van der Waals surface area contributed by atoms with Crippen molar-refractivity contribution in [2.24, 2.45) is 0 Å². The molecule has 96 valence electrons. The van der Waals surface area contributed by atoms with Crippen molar-refractivity contribution in [3.05, 3.63) is 47.5 Å². The first-order valence-corrected chi connectivity index (χ1v) is 6.19. The zero-order valence-electron chi connectivity index (χ0n) is 11.2. The second kappa shape index (κ2) is 4.43. The summed E-state index contributed by atoms with van der Waals surface area (Å²) < 4.78 is 11.0. The summed E-state index contributed by atoms with van der Waals surface area (Å²) in [7, 11) is 1.65. The first kappa shape index (κ1) is 11.8. The van der Waals surface area contributed by atoms with Gasteiger partial charge in [0.15, 0.2) is 5.58 Å². The molecule has 0 bridgehead atoms. The highest BCUT2D eigenvalue weighted by Gasteiger charge is 2.10. The van der Waals surface area contributed by atoms with Gasteiger partial charge in [-0.05, 0) is 55.3 Å². The second-order valence-corrected chi connectivity index (χ2v) is 4.66. The van der Waals surface area contributed by atoms with Crippen LogP contribution in [0.25, 0.3) is 22.6 Å². The fourth-order valence-corrected chi connectivity index (χ4v) is 2.06. The molecule has 0 spiro atoms. The van der Waals surface area contributed by atoms with Crippen molar-refractivity contribution >= 4 is 11.1 Å². The maximum atomic E-state index is 5.82. The van der Waals surface area contributed by atoms with E-state index in [0.717, 1.165) is 22.4 Å². The van der Waals surface area contributed by atoms with E-state index in [1.807, 2.05) is 30.3 Å². The Hall–Kier alpha value is -2.29. The van der Waals surface area contributed by atoms with Gasteiger partial charge in [0, 0.05) is 5.56 Å². The van der Waals surface area contributed by atoms with E-state index < -0.39 is 0 Å². The molecule has 0 fully saturated rings. The fraction of sp³-hybridized carbons (Fsp3) is 0.188. The van der Waals surface area contributed by atoms with E-state index in [1.165, 1.54) is 11.1 Å². The van der Waals surface area contributed by atoms with E-state index in [9.17, 15) is 0 Å². The fourth-order valence-electron chi connectivity index (χ4n) is 2.06. The number of hydrogen-bond acceptors (Lipinski definition) is 3. The lowest BCUT2D eigenvalue weighted by atomic mass is 10.1. The number of oxazole rings is 1. The molecule has 3 heteroatoms. The standard InChI is InChI=1S/C16H15NO2/c1-10-7-14-15(8-11(10)2)19-16(17-14)12-5-4-6-13(9-12)18-3/h4-9H,1-3H3. The van der Waals surface area contributed by atoms with Crippen molar-refractivity contribution in [1.82, 2.24) is 4.98 Å². The Morgan fingerprint density at radius 3 is 2.63 bits per heavy atom. The molecule has 0 N–H and O–H groups in total. The van der Waals surface area contributed by atoms with Gasteiger partial charge in [0.2, 0.25) is 5.89 Å². The minimum Gasteiger partial charge on any atom is -0.497 e. The van der Waals surface area contributed by atoms with Crippen molar-refractivity contribution in [3.8, 4) is 17.2 Å². The highest BCUT2D eigenvalue weighted by Crippen LogP contribution is 2.28. The molecule has 0 amide bonds. The lowest BCUT2D eigenvalue weighted by molar-refractivity contribution is 0.415. The van der Waals surface area contributed by atoms with Crippen LogP contribution < -0.4 is 4.74 Å². The van der Waals surface area contributed by atoms with Gasteiger partial charge in [-0.25, -0.2) is 4.98 Å². The lowest BCUT2D eigenvalue weighted by Gasteiger charge is -2.00. The molecule has 0 aliphatic carbocycles. The number of ether oxygens (including phenoxy) is 1. The zero-order chi connectivity index (χ0) is 13.4. The van der Waals surface area contributed by atoms with Crippen LogP contribution in [-0.2, 0) is 0 Å². The summed E-state index contributed by atoms with van der Waals surface area (Å²) in [6, 6.07) is 11.8. The third kappa shape index (κ3) is 2.08. The molecule has 3 nitrogen and oxygen atoms in total.